The second kappa shape index (κ2) is 17.3. The number of aromatic nitrogens is 2. The predicted molar refractivity (Wildman–Crippen MR) is 334 cm³/mol. The molecule has 0 radical (unpaired) electrons. The molecule has 0 aliphatic rings. The van der Waals surface area contributed by atoms with Crippen molar-refractivity contribution in [1.82, 2.24) is 9.13 Å². The summed E-state index contributed by atoms with van der Waals surface area (Å²) in [6.07, 6.45) is 0. The van der Waals surface area contributed by atoms with Gasteiger partial charge in [0.05, 0.1) is 22.1 Å². The minimum absolute atomic E-state index is 0.832. The van der Waals surface area contributed by atoms with Crippen molar-refractivity contribution >= 4 is 143 Å². The normalized spacial score (nSPS) is 12.0. The first-order valence-corrected chi connectivity index (χ1v) is 27.2. The Bertz CT molecular complexity index is 4970. The van der Waals surface area contributed by atoms with E-state index in [1.54, 1.807) is 0 Å². The topological polar surface area (TPSA) is 42.6 Å². The van der Waals surface area contributed by atoms with Gasteiger partial charge in [-0.25, -0.2) is 0 Å². The van der Waals surface area contributed by atoms with E-state index in [9.17, 15) is 0 Å². The summed E-state index contributed by atoms with van der Waals surface area (Å²) in [7, 11) is 0. The lowest BCUT2D eigenvalue weighted by molar-refractivity contribution is 0.666. The Balaban J connectivity index is 0.772. The van der Waals surface area contributed by atoms with Gasteiger partial charge in [0.15, 0.2) is 0 Å². The zero-order valence-corrected chi connectivity index (χ0v) is 43.2. The number of nitrogens with zero attached hydrogens (tertiary/aromatic N) is 4. The Kier molecular flexibility index (Phi) is 9.61. The number of hydrogen-bond donors (Lipinski definition) is 0. The largest absolute Gasteiger partial charge is 0.455 e. The first kappa shape index (κ1) is 44.3. The van der Waals surface area contributed by atoms with E-state index in [4.69, 9.17) is 8.83 Å². The summed E-state index contributed by atoms with van der Waals surface area (Å²) in [6.45, 7) is 0. The van der Waals surface area contributed by atoms with Crippen molar-refractivity contribution < 1.29 is 8.83 Å². The molecule has 0 aliphatic carbocycles. The van der Waals surface area contributed by atoms with E-state index in [0.717, 1.165) is 111 Å². The fourth-order valence-corrected chi connectivity index (χ4v) is 12.9. The third-order valence-electron chi connectivity index (χ3n) is 16.4. The standard InChI is InChI=1S/C74H46N4O2/c1-5-17-49(18-6-1)75(55-33-39-67-63(45-55)59-25-13-15-27-65(59)77(67)51-21-9-3-10-22-51)53-31-37-57-47(43-53)29-35-61-71-69(79-73(57)61)41-42-70-72(71)62-36-30-48-44-54(32-38-58(48)74(62)80-70)76(50-19-7-2-8-20-50)56-34-40-68-64(46-56)60-26-14-16-28-66(60)78(68)52-23-11-4-12-24-52/h1-46H. The summed E-state index contributed by atoms with van der Waals surface area (Å²) in [5.74, 6) is 0. The van der Waals surface area contributed by atoms with E-state index >= 15 is 0 Å². The Morgan fingerprint density at radius 2 is 0.588 bits per heavy atom. The molecule has 0 saturated heterocycles. The number of fused-ring (bicyclic) bond motifs is 17. The number of furan rings is 2. The first-order valence-electron chi connectivity index (χ1n) is 27.2. The van der Waals surface area contributed by atoms with Crippen molar-refractivity contribution in [1.29, 1.82) is 0 Å². The van der Waals surface area contributed by atoms with Crippen LogP contribution in [0.2, 0.25) is 0 Å². The lowest BCUT2D eigenvalue weighted by Crippen LogP contribution is -2.09. The van der Waals surface area contributed by atoms with E-state index in [1.807, 2.05) is 0 Å². The zero-order valence-electron chi connectivity index (χ0n) is 43.2. The second-order valence-corrected chi connectivity index (χ2v) is 20.8. The van der Waals surface area contributed by atoms with Crippen molar-refractivity contribution in [2.45, 2.75) is 0 Å². The third-order valence-corrected chi connectivity index (χ3v) is 16.4. The summed E-state index contributed by atoms with van der Waals surface area (Å²) in [4.78, 5) is 4.71. The maximum Gasteiger partial charge on any atom is 0.143 e. The Morgan fingerprint density at radius 3 is 1.02 bits per heavy atom. The molecule has 0 bridgehead atoms. The molecule has 0 atom stereocenters. The molecule has 0 aliphatic heterocycles. The fourth-order valence-electron chi connectivity index (χ4n) is 12.9. The summed E-state index contributed by atoms with van der Waals surface area (Å²) < 4.78 is 18.6. The fraction of sp³-hybridized carbons (Fsp3) is 0. The van der Waals surface area contributed by atoms with Crippen LogP contribution in [0.5, 0.6) is 0 Å². The van der Waals surface area contributed by atoms with Gasteiger partial charge >= 0.3 is 0 Å². The molecule has 4 heterocycles. The van der Waals surface area contributed by atoms with Crippen LogP contribution in [-0.2, 0) is 0 Å². The van der Waals surface area contributed by atoms with Gasteiger partial charge in [0.25, 0.3) is 0 Å². The van der Waals surface area contributed by atoms with Crippen molar-refractivity contribution in [3.05, 3.63) is 279 Å². The smallest absolute Gasteiger partial charge is 0.143 e. The maximum atomic E-state index is 6.91. The van der Waals surface area contributed by atoms with Gasteiger partial charge in [-0.15, -0.1) is 0 Å². The Labute approximate surface area is 459 Å². The van der Waals surface area contributed by atoms with Gasteiger partial charge in [-0.2, -0.15) is 0 Å². The molecular weight excluding hydrogens is 977 g/mol. The summed E-state index contributed by atoms with van der Waals surface area (Å²) in [6, 6.07) is 100. The minimum Gasteiger partial charge on any atom is -0.455 e. The van der Waals surface area contributed by atoms with Crippen LogP contribution in [0, 0.1) is 0 Å². The molecule has 17 aromatic rings. The van der Waals surface area contributed by atoms with Crippen LogP contribution in [0.25, 0.3) is 120 Å². The highest BCUT2D eigenvalue weighted by Crippen LogP contribution is 2.47. The molecule has 80 heavy (non-hydrogen) atoms. The zero-order chi connectivity index (χ0) is 52.4. The van der Waals surface area contributed by atoms with Gasteiger partial charge in [0.2, 0.25) is 0 Å². The van der Waals surface area contributed by atoms with E-state index < -0.39 is 0 Å². The van der Waals surface area contributed by atoms with Gasteiger partial charge in [-0.05, 0) is 168 Å². The number of benzene rings is 13. The molecule has 374 valence electrons. The van der Waals surface area contributed by atoms with Crippen LogP contribution in [0.1, 0.15) is 0 Å². The predicted octanol–water partition coefficient (Wildman–Crippen LogP) is 20.9. The molecule has 6 nitrogen and oxygen atoms in total. The van der Waals surface area contributed by atoms with Crippen LogP contribution in [-0.4, -0.2) is 9.13 Å². The van der Waals surface area contributed by atoms with E-state index in [0.29, 0.717) is 0 Å². The molecule has 4 aromatic heterocycles. The van der Waals surface area contributed by atoms with Crippen LogP contribution >= 0.6 is 0 Å². The average molecular weight is 1020 g/mol. The monoisotopic (exact) mass is 1020 g/mol. The number of hydrogen-bond acceptors (Lipinski definition) is 4. The van der Waals surface area contributed by atoms with E-state index in [-0.39, 0.29) is 0 Å². The minimum atomic E-state index is 0.832. The van der Waals surface area contributed by atoms with Gasteiger partial charge in [0.1, 0.15) is 22.3 Å². The van der Waals surface area contributed by atoms with Crippen molar-refractivity contribution in [2.75, 3.05) is 9.80 Å². The summed E-state index contributed by atoms with van der Waals surface area (Å²) in [5, 5.41) is 13.4. The molecule has 0 amide bonds. The molecule has 0 fully saturated rings. The summed E-state index contributed by atoms with van der Waals surface area (Å²) in [5.41, 5.74) is 16.8. The lowest BCUT2D eigenvalue weighted by Gasteiger charge is -2.26. The number of anilines is 6. The van der Waals surface area contributed by atoms with Crippen LogP contribution < -0.4 is 9.80 Å². The maximum absolute atomic E-state index is 6.91. The molecule has 13 aromatic carbocycles. The van der Waals surface area contributed by atoms with Crippen molar-refractivity contribution in [2.24, 2.45) is 0 Å². The van der Waals surface area contributed by atoms with E-state index in [2.05, 4.69) is 298 Å². The molecular formula is C74H46N4O2. The van der Waals surface area contributed by atoms with Gasteiger partial charge < -0.3 is 27.8 Å². The highest BCUT2D eigenvalue weighted by molar-refractivity contribution is 6.30. The highest BCUT2D eigenvalue weighted by Gasteiger charge is 2.23. The van der Waals surface area contributed by atoms with Gasteiger partial charge in [-0.1, -0.05) is 121 Å². The van der Waals surface area contributed by atoms with Crippen LogP contribution in [0.3, 0.4) is 0 Å². The summed E-state index contributed by atoms with van der Waals surface area (Å²) >= 11 is 0. The quantitative estimate of drug-likeness (QED) is 0.152. The molecule has 17 rings (SSSR count). The molecule has 0 spiro atoms. The Morgan fingerprint density at radius 1 is 0.237 bits per heavy atom. The lowest BCUT2D eigenvalue weighted by atomic mass is 10.00. The Hall–Kier alpha value is -10.8. The molecule has 0 saturated carbocycles. The number of rotatable bonds is 8. The highest BCUT2D eigenvalue weighted by atomic mass is 16.3. The van der Waals surface area contributed by atoms with Gasteiger partial charge in [-0.3, -0.25) is 0 Å². The third kappa shape index (κ3) is 6.66. The molecule has 6 heteroatoms. The second-order valence-electron chi connectivity index (χ2n) is 20.8. The molecule has 0 unspecified atom stereocenters. The SMILES string of the molecule is c1ccc(N(c2ccc3c(ccc4c3oc3ccc5oc6c7ccc(N(c8ccccc8)c8ccc9c(c8)c8ccccc8n9-c8ccccc8)cc7ccc6c5c34)c2)c2ccc3c(c2)c2ccccc2n3-c2ccccc2)cc1. The van der Waals surface area contributed by atoms with Crippen molar-refractivity contribution in [3.8, 4) is 11.4 Å². The van der Waals surface area contributed by atoms with Crippen molar-refractivity contribution in [3.63, 3.8) is 0 Å². The average Bonchev–Trinajstić information content (AvgIpc) is 4.44. The first-order chi connectivity index (χ1) is 39.7. The molecule has 0 N–H and O–H groups in total. The van der Waals surface area contributed by atoms with Gasteiger partial charge in [0, 0.05) is 99.4 Å². The van der Waals surface area contributed by atoms with Crippen LogP contribution in [0.15, 0.2) is 288 Å². The number of para-hydroxylation sites is 6. The van der Waals surface area contributed by atoms with E-state index in [1.165, 1.54) is 43.6 Å². The van der Waals surface area contributed by atoms with Crippen LogP contribution in [0.4, 0.5) is 34.1 Å².